The molecule has 2 rings (SSSR count). The van der Waals surface area contributed by atoms with E-state index in [2.05, 4.69) is 6.92 Å². The quantitative estimate of drug-likeness (QED) is 0.734. The Labute approximate surface area is 92.3 Å². The second-order valence-corrected chi connectivity index (χ2v) is 5.50. The molecule has 4 heteroatoms. The van der Waals surface area contributed by atoms with Gasteiger partial charge in [0.2, 0.25) is 0 Å². The van der Waals surface area contributed by atoms with Crippen LogP contribution in [0.1, 0.15) is 16.6 Å². The zero-order valence-corrected chi connectivity index (χ0v) is 9.74. The fraction of sp³-hybridized carbons (Fsp3) is 0.500. The Balaban J connectivity index is 2.10. The van der Waals surface area contributed by atoms with Gasteiger partial charge in [-0.05, 0) is 18.4 Å². The number of thiophene rings is 1. The van der Waals surface area contributed by atoms with Crippen molar-refractivity contribution < 1.29 is 4.79 Å². The average molecular weight is 227 g/mol. The van der Waals surface area contributed by atoms with E-state index in [4.69, 9.17) is 0 Å². The molecule has 14 heavy (non-hydrogen) atoms. The van der Waals surface area contributed by atoms with Crippen LogP contribution in [0.3, 0.4) is 0 Å². The van der Waals surface area contributed by atoms with E-state index >= 15 is 0 Å². The van der Waals surface area contributed by atoms with Crippen molar-refractivity contribution in [3.05, 3.63) is 22.4 Å². The van der Waals surface area contributed by atoms with Crippen LogP contribution in [0.4, 0.5) is 0 Å². The van der Waals surface area contributed by atoms with Gasteiger partial charge in [-0.1, -0.05) is 6.07 Å². The summed E-state index contributed by atoms with van der Waals surface area (Å²) in [4.78, 5) is 14.9. The molecule has 0 N–H and O–H groups in total. The molecule has 1 saturated heterocycles. The van der Waals surface area contributed by atoms with Gasteiger partial charge in [0.15, 0.2) is 0 Å². The summed E-state index contributed by atoms with van der Waals surface area (Å²) >= 11 is 3.46. The Morgan fingerprint density at radius 3 is 3.14 bits per heavy atom. The molecule has 1 amide bonds. The molecule has 1 aromatic heterocycles. The number of hydrogen-bond acceptors (Lipinski definition) is 3. The maximum absolute atomic E-state index is 12.0. The molecule has 1 aliphatic heterocycles. The standard InChI is InChI=1S/C10H13NOS2/c1-8-7-13-6-4-11(8)10(12)9-3-2-5-14-9/h2-3,5,8H,4,6-7H2,1H3. The molecule has 0 saturated carbocycles. The lowest BCUT2D eigenvalue weighted by atomic mass is 10.3. The van der Waals surface area contributed by atoms with Crippen LogP contribution >= 0.6 is 23.1 Å². The minimum atomic E-state index is 0.202. The summed E-state index contributed by atoms with van der Waals surface area (Å²) in [6.07, 6.45) is 0. The third kappa shape index (κ3) is 1.96. The first-order chi connectivity index (χ1) is 6.79. The maximum atomic E-state index is 12.0. The number of carbonyl (C=O) groups is 1. The van der Waals surface area contributed by atoms with E-state index in [1.165, 1.54) is 11.3 Å². The Kier molecular flexibility index (Phi) is 3.13. The molecule has 1 fully saturated rings. The summed E-state index contributed by atoms with van der Waals surface area (Å²) in [5.41, 5.74) is 0. The van der Waals surface area contributed by atoms with Crippen LogP contribution in [0.25, 0.3) is 0 Å². The summed E-state index contributed by atoms with van der Waals surface area (Å²) in [6, 6.07) is 4.21. The number of thioether (sulfide) groups is 1. The first-order valence-corrected chi connectivity index (χ1v) is 6.74. The van der Waals surface area contributed by atoms with E-state index in [-0.39, 0.29) is 5.91 Å². The fourth-order valence-corrected chi connectivity index (χ4v) is 3.26. The van der Waals surface area contributed by atoms with Gasteiger partial charge < -0.3 is 4.90 Å². The minimum Gasteiger partial charge on any atom is -0.334 e. The SMILES string of the molecule is CC1CSCCN1C(=O)c1cccs1. The monoisotopic (exact) mass is 227 g/mol. The van der Waals surface area contributed by atoms with E-state index in [9.17, 15) is 4.79 Å². The number of nitrogens with zero attached hydrogens (tertiary/aromatic N) is 1. The van der Waals surface area contributed by atoms with Gasteiger partial charge in [0.05, 0.1) is 4.88 Å². The van der Waals surface area contributed by atoms with Crippen LogP contribution in [0.2, 0.25) is 0 Å². The van der Waals surface area contributed by atoms with E-state index in [0.29, 0.717) is 6.04 Å². The van der Waals surface area contributed by atoms with E-state index in [1.807, 2.05) is 34.2 Å². The van der Waals surface area contributed by atoms with E-state index in [1.54, 1.807) is 0 Å². The van der Waals surface area contributed by atoms with Crippen molar-refractivity contribution in [1.29, 1.82) is 0 Å². The predicted molar refractivity (Wildman–Crippen MR) is 62.1 cm³/mol. The number of carbonyl (C=O) groups excluding carboxylic acids is 1. The summed E-state index contributed by atoms with van der Waals surface area (Å²) in [6.45, 7) is 3.01. The summed E-state index contributed by atoms with van der Waals surface area (Å²) < 4.78 is 0. The molecule has 1 aromatic rings. The highest BCUT2D eigenvalue weighted by Gasteiger charge is 2.24. The van der Waals surface area contributed by atoms with Gasteiger partial charge in [-0.3, -0.25) is 4.79 Å². The van der Waals surface area contributed by atoms with Crippen LogP contribution in [0, 0.1) is 0 Å². The highest BCUT2D eigenvalue weighted by atomic mass is 32.2. The van der Waals surface area contributed by atoms with Crippen LogP contribution < -0.4 is 0 Å². The number of amides is 1. The molecule has 2 nitrogen and oxygen atoms in total. The second kappa shape index (κ2) is 4.36. The molecule has 76 valence electrons. The lowest BCUT2D eigenvalue weighted by molar-refractivity contribution is 0.0721. The molecular weight excluding hydrogens is 214 g/mol. The van der Waals surface area contributed by atoms with Crippen molar-refractivity contribution >= 4 is 29.0 Å². The zero-order valence-electron chi connectivity index (χ0n) is 8.10. The first-order valence-electron chi connectivity index (χ1n) is 4.71. The largest absolute Gasteiger partial charge is 0.334 e. The topological polar surface area (TPSA) is 20.3 Å². The minimum absolute atomic E-state index is 0.202. The Bertz CT molecular complexity index is 310. The Hall–Kier alpha value is -0.480. The van der Waals surface area contributed by atoms with Crippen molar-refractivity contribution in [2.24, 2.45) is 0 Å². The molecule has 0 aliphatic carbocycles. The van der Waals surface area contributed by atoms with Gasteiger partial charge in [-0.2, -0.15) is 11.8 Å². The third-order valence-corrected chi connectivity index (χ3v) is 4.41. The average Bonchev–Trinajstić information content (AvgIpc) is 2.70. The number of rotatable bonds is 1. The van der Waals surface area contributed by atoms with Crippen LogP contribution in [-0.2, 0) is 0 Å². The summed E-state index contributed by atoms with van der Waals surface area (Å²) in [5.74, 6) is 2.34. The highest BCUT2D eigenvalue weighted by Crippen LogP contribution is 2.20. The zero-order chi connectivity index (χ0) is 9.97. The fourth-order valence-electron chi connectivity index (χ4n) is 1.57. The van der Waals surface area contributed by atoms with Gasteiger partial charge >= 0.3 is 0 Å². The molecule has 0 spiro atoms. The molecule has 1 aliphatic rings. The predicted octanol–water partition coefficient (Wildman–Crippen LogP) is 2.33. The smallest absolute Gasteiger partial charge is 0.264 e. The summed E-state index contributed by atoms with van der Waals surface area (Å²) in [7, 11) is 0. The molecular formula is C10H13NOS2. The van der Waals surface area contributed by atoms with Gasteiger partial charge in [0.1, 0.15) is 0 Å². The summed E-state index contributed by atoms with van der Waals surface area (Å²) in [5, 5.41) is 1.95. The molecule has 1 atom stereocenters. The lowest BCUT2D eigenvalue weighted by Crippen LogP contribution is -2.44. The molecule has 0 aromatic carbocycles. The van der Waals surface area contributed by atoms with Gasteiger partial charge in [-0.15, -0.1) is 11.3 Å². The maximum Gasteiger partial charge on any atom is 0.264 e. The molecule has 0 bridgehead atoms. The number of hydrogen-bond donors (Lipinski definition) is 0. The molecule has 2 heterocycles. The normalized spacial score (nSPS) is 22.4. The van der Waals surface area contributed by atoms with E-state index < -0.39 is 0 Å². The molecule has 1 unspecified atom stereocenters. The third-order valence-electron chi connectivity index (χ3n) is 2.36. The van der Waals surface area contributed by atoms with Crippen molar-refractivity contribution in [3.63, 3.8) is 0 Å². The molecule has 0 radical (unpaired) electrons. The van der Waals surface area contributed by atoms with Gasteiger partial charge in [0, 0.05) is 24.1 Å². The van der Waals surface area contributed by atoms with Crippen molar-refractivity contribution in [1.82, 2.24) is 4.90 Å². The highest BCUT2D eigenvalue weighted by molar-refractivity contribution is 7.99. The van der Waals surface area contributed by atoms with Gasteiger partial charge in [0.25, 0.3) is 5.91 Å². The van der Waals surface area contributed by atoms with Crippen molar-refractivity contribution in [3.8, 4) is 0 Å². The van der Waals surface area contributed by atoms with Crippen LogP contribution in [0.5, 0.6) is 0 Å². The van der Waals surface area contributed by atoms with Crippen molar-refractivity contribution in [2.75, 3.05) is 18.1 Å². The van der Waals surface area contributed by atoms with Crippen LogP contribution in [0.15, 0.2) is 17.5 Å². The van der Waals surface area contributed by atoms with Crippen molar-refractivity contribution in [2.45, 2.75) is 13.0 Å². The van der Waals surface area contributed by atoms with Crippen LogP contribution in [-0.4, -0.2) is 34.9 Å². The lowest BCUT2D eigenvalue weighted by Gasteiger charge is -2.32. The Morgan fingerprint density at radius 2 is 2.50 bits per heavy atom. The Morgan fingerprint density at radius 1 is 1.64 bits per heavy atom. The van der Waals surface area contributed by atoms with E-state index in [0.717, 1.165) is 22.9 Å². The van der Waals surface area contributed by atoms with Gasteiger partial charge in [-0.25, -0.2) is 0 Å². The first kappa shape index (κ1) is 10.1. The second-order valence-electron chi connectivity index (χ2n) is 3.40.